The van der Waals surface area contributed by atoms with Crippen LogP contribution in [0.1, 0.15) is 12.5 Å². The number of hydrogen-bond acceptors (Lipinski definition) is 5. The Bertz CT molecular complexity index is 1260. The van der Waals surface area contributed by atoms with Crippen molar-refractivity contribution >= 4 is 46.2 Å². The van der Waals surface area contributed by atoms with E-state index in [2.05, 4.69) is 10.3 Å². The highest BCUT2D eigenvalue weighted by atomic mass is 32.2. The topological polar surface area (TPSA) is 71.0 Å². The van der Waals surface area contributed by atoms with Crippen LogP contribution in [0.2, 0.25) is 0 Å². The predicted octanol–water partition coefficient (Wildman–Crippen LogP) is 5.34. The Balaban J connectivity index is 1.59. The Morgan fingerprint density at radius 1 is 1.09 bits per heavy atom. The Morgan fingerprint density at radius 2 is 1.82 bits per heavy atom. The first-order valence-electron chi connectivity index (χ1n) is 10.5. The molecule has 2 amide bonds. The van der Waals surface area contributed by atoms with Crippen LogP contribution >= 0.6 is 11.8 Å². The number of carbonyl (C=O) groups excluding carboxylic acids is 2. The summed E-state index contributed by atoms with van der Waals surface area (Å²) in [5.74, 6) is -0.388. The van der Waals surface area contributed by atoms with Gasteiger partial charge in [0.25, 0.3) is 5.91 Å². The van der Waals surface area contributed by atoms with Crippen molar-refractivity contribution in [3.8, 4) is 5.75 Å². The smallest absolute Gasteiger partial charge is 0.283 e. The summed E-state index contributed by atoms with van der Waals surface area (Å²) in [6.07, 6.45) is 1.69. The lowest BCUT2D eigenvalue weighted by Gasteiger charge is -2.20. The molecule has 0 fully saturated rings. The number of anilines is 2. The van der Waals surface area contributed by atoms with Gasteiger partial charge in [-0.25, -0.2) is 9.38 Å². The number of halogens is 1. The van der Waals surface area contributed by atoms with Crippen LogP contribution in [-0.4, -0.2) is 29.3 Å². The molecule has 0 saturated heterocycles. The number of nitrogens with zero attached hydrogens (tertiary/aromatic N) is 2. The molecular formula is C26H22FN3O3S. The van der Waals surface area contributed by atoms with Gasteiger partial charge in [0.2, 0.25) is 5.91 Å². The Labute approximate surface area is 201 Å². The predicted molar refractivity (Wildman–Crippen MR) is 134 cm³/mol. The van der Waals surface area contributed by atoms with Crippen LogP contribution in [0.3, 0.4) is 0 Å². The lowest BCUT2D eigenvalue weighted by Crippen LogP contribution is -2.33. The lowest BCUT2D eigenvalue weighted by atomic mass is 10.2. The van der Waals surface area contributed by atoms with Gasteiger partial charge in [-0.3, -0.25) is 14.5 Å². The number of amidine groups is 1. The Kier molecular flexibility index (Phi) is 7.08. The van der Waals surface area contributed by atoms with Crippen LogP contribution in [0.5, 0.6) is 5.75 Å². The summed E-state index contributed by atoms with van der Waals surface area (Å²) in [5.41, 5.74) is 2.12. The molecule has 0 saturated carbocycles. The molecule has 4 rings (SSSR count). The highest BCUT2D eigenvalue weighted by Crippen LogP contribution is 2.31. The fourth-order valence-corrected chi connectivity index (χ4v) is 4.18. The molecule has 8 heteroatoms. The van der Waals surface area contributed by atoms with Gasteiger partial charge in [0.05, 0.1) is 18.0 Å². The largest absolute Gasteiger partial charge is 0.497 e. The van der Waals surface area contributed by atoms with E-state index in [-0.39, 0.29) is 17.5 Å². The maximum atomic E-state index is 13.5. The van der Waals surface area contributed by atoms with Crippen molar-refractivity contribution in [2.24, 2.45) is 4.99 Å². The zero-order valence-electron chi connectivity index (χ0n) is 18.6. The van der Waals surface area contributed by atoms with E-state index in [1.165, 1.54) is 29.2 Å². The third-order valence-corrected chi connectivity index (χ3v) is 6.06. The van der Waals surface area contributed by atoms with Gasteiger partial charge in [0.15, 0.2) is 5.17 Å². The highest BCUT2D eigenvalue weighted by Gasteiger charge is 2.34. The summed E-state index contributed by atoms with van der Waals surface area (Å²) in [4.78, 5) is 32.0. The Hall–Kier alpha value is -3.91. The molecule has 1 heterocycles. The molecule has 0 aliphatic carbocycles. The molecular weight excluding hydrogens is 453 g/mol. The fourth-order valence-electron chi connectivity index (χ4n) is 3.26. The minimum Gasteiger partial charge on any atom is -0.497 e. The van der Waals surface area contributed by atoms with E-state index in [1.807, 2.05) is 30.3 Å². The summed E-state index contributed by atoms with van der Waals surface area (Å²) in [7, 11) is 1.55. The molecule has 3 aromatic rings. The zero-order chi connectivity index (χ0) is 24.1. The number of hydrogen-bond donors (Lipinski definition) is 1. The van der Waals surface area contributed by atoms with Crippen LogP contribution < -0.4 is 15.0 Å². The van der Waals surface area contributed by atoms with Crippen molar-refractivity contribution < 1.29 is 18.7 Å². The van der Waals surface area contributed by atoms with E-state index in [9.17, 15) is 14.0 Å². The quantitative estimate of drug-likeness (QED) is 0.489. The van der Waals surface area contributed by atoms with Gasteiger partial charge in [0.1, 0.15) is 17.3 Å². The monoisotopic (exact) mass is 475 g/mol. The minimum atomic E-state index is -0.572. The van der Waals surface area contributed by atoms with Crippen LogP contribution in [0.15, 0.2) is 89.6 Å². The summed E-state index contributed by atoms with van der Waals surface area (Å²) < 4.78 is 18.7. The van der Waals surface area contributed by atoms with Gasteiger partial charge in [0, 0.05) is 11.8 Å². The van der Waals surface area contributed by atoms with Crippen molar-refractivity contribution in [3.63, 3.8) is 0 Å². The number of amides is 2. The van der Waals surface area contributed by atoms with Crippen molar-refractivity contribution in [3.05, 3.63) is 95.9 Å². The van der Waals surface area contributed by atoms with Gasteiger partial charge in [-0.1, -0.05) is 48.2 Å². The molecule has 6 nitrogen and oxygen atoms in total. The van der Waals surface area contributed by atoms with Crippen LogP contribution in [0.4, 0.5) is 15.8 Å². The molecule has 34 heavy (non-hydrogen) atoms. The zero-order valence-corrected chi connectivity index (χ0v) is 19.4. The fraction of sp³-hybridized carbons (Fsp3) is 0.115. The molecule has 3 aromatic carbocycles. The number of nitrogens with one attached hydrogen (secondary N) is 1. The second-order valence-electron chi connectivity index (χ2n) is 7.43. The Morgan fingerprint density at radius 3 is 2.53 bits per heavy atom. The molecule has 0 radical (unpaired) electrons. The molecule has 0 spiro atoms. The van der Waals surface area contributed by atoms with Gasteiger partial charge < -0.3 is 10.1 Å². The second-order valence-corrected chi connectivity index (χ2v) is 8.74. The van der Waals surface area contributed by atoms with Crippen molar-refractivity contribution in [1.29, 1.82) is 0 Å². The number of ether oxygens (including phenoxy) is 1. The highest BCUT2D eigenvalue weighted by molar-refractivity contribution is 8.15. The average molecular weight is 476 g/mol. The SMILES string of the molecule is COc1cccc(NC(=O)C(C)SC2=N/C(=C/c3ccccc3)C(=O)N2c2ccc(F)cc2)c1. The summed E-state index contributed by atoms with van der Waals surface area (Å²) in [6, 6.07) is 22.0. The van der Waals surface area contributed by atoms with E-state index in [4.69, 9.17) is 4.74 Å². The van der Waals surface area contributed by atoms with Crippen LogP contribution in [-0.2, 0) is 9.59 Å². The second kappa shape index (κ2) is 10.4. The summed E-state index contributed by atoms with van der Waals surface area (Å²) in [6.45, 7) is 1.73. The summed E-state index contributed by atoms with van der Waals surface area (Å²) >= 11 is 1.15. The standard InChI is InChI=1S/C26H22FN3O3S/c1-17(24(31)28-20-9-6-10-22(16-20)33-2)34-26-29-23(15-18-7-4-3-5-8-18)25(32)30(26)21-13-11-19(27)12-14-21/h3-17H,1-2H3,(H,28,31)/b23-15+. The first kappa shape index (κ1) is 23.3. The van der Waals surface area contributed by atoms with E-state index < -0.39 is 11.1 Å². The maximum absolute atomic E-state index is 13.5. The van der Waals surface area contributed by atoms with E-state index in [1.54, 1.807) is 44.4 Å². The van der Waals surface area contributed by atoms with Crippen LogP contribution in [0.25, 0.3) is 6.08 Å². The van der Waals surface area contributed by atoms with E-state index >= 15 is 0 Å². The molecule has 1 aliphatic heterocycles. The number of methoxy groups -OCH3 is 1. The van der Waals surface area contributed by atoms with E-state index in [0.717, 1.165) is 17.3 Å². The maximum Gasteiger partial charge on any atom is 0.283 e. The third kappa shape index (κ3) is 5.35. The number of benzene rings is 3. The number of thioether (sulfide) groups is 1. The van der Waals surface area contributed by atoms with Crippen molar-refractivity contribution in [1.82, 2.24) is 0 Å². The average Bonchev–Trinajstić information content (AvgIpc) is 3.14. The number of rotatable bonds is 6. The van der Waals surface area contributed by atoms with E-state index in [0.29, 0.717) is 22.3 Å². The molecule has 1 unspecified atom stereocenters. The normalized spacial score (nSPS) is 15.3. The van der Waals surface area contributed by atoms with Gasteiger partial charge >= 0.3 is 0 Å². The van der Waals surface area contributed by atoms with Crippen LogP contribution in [0, 0.1) is 5.82 Å². The first-order chi connectivity index (χ1) is 16.4. The van der Waals surface area contributed by atoms with Crippen molar-refractivity contribution in [2.75, 3.05) is 17.3 Å². The third-order valence-electron chi connectivity index (χ3n) is 5.01. The molecule has 0 bridgehead atoms. The van der Waals surface area contributed by atoms with Gasteiger partial charge in [-0.15, -0.1) is 0 Å². The number of aliphatic imine (C=N–C) groups is 1. The molecule has 1 aliphatic rings. The summed E-state index contributed by atoms with van der Waals surface area (Å²) in [5, 5.41) is 2.62. The minimum absolute atomic E-state index is 0.235. The molecule has 1 atom stereocenters. The lowest BCUT2D eigenvalue weighted by molar-refractivity contribution is -0.115. The first-order valence-corrected chi connectivity index (χ1v) is 11.4. The van der Waals surface area contributed by atoms with Gasteiger partial charge in [-0.05, 0) is 55.0 Å². The van der Waals surface area contributed by atoms with Gasteiger partial charge in [-0.2, -0.15) is 0 Å². The number of carbonyl (C=O) groups is 2. The molecule has 1 N–H and O–H groups in total. The molecule has 172 valence electrons. The van der Waals surface area contributed by atoms with Crippen molar-refractivity contribution in [2.45, 2.75) is 12.2 Å². The molecule has 0 aromatic heterocycles.